The van der Waals surface area contributed by atoms with E-state index >= 15 is 0 Å². The van der Waals surface area contributed by atoms with Crippen molar-refractivity contribution in [1.29, 1.82) is 0 Å². The van der Waals surface area contributed by atoms with Gasteiger partial charge in [-0.3, -0.25) is 0 Å². The van der Waals surface area contributed by atoms with Crippen LogP contribution >= 0.6 is 11.6 Å². The van der Waals surface area contributed by atoms with Gasteiger partial charge in [-0.15, -0.1) is 0 Å². The van der Waals surface area contributed by atoms with Crippen LogP contribution in [0.4, 0.5) is 4.79 Å². The van der Waals surface area contributed by atoms with Gasteiger partial charge in [0.05, 0.1) is 0 Å². The summed E-state index contributed by atoms with van der Waals surface area (Å²) in [5, 5.41) is 6.03. The van der Waals surface area contributed by atoms with E-state index < -0.39 is 6.09 Å². The van der Waals surface area contributed by atoms with E-state index in [0.29, 0.717) is 23.9 Å². The van der Waals surface area contributed by atoms with Gasteiger partial charge in [0.15, 0.2) is 0 Å². The molecule has 0 atom stereocenters. The molecule has 0 bridgehead atoms. The minimum atomic E-state index is -0.479. The molecule has 1 aromatic carbocycles. The predicted octanol–water partition coefficient (Wildman–Crippen LogP) is 1.65. The molecule has 1 aromatic rings. The van der Waals surface area contributed by atoms with Crippen LogP contribution in [0.3, 0.4) is 0 Å². The first-order valence-corrected chi connectivity index (χ1v) is 4.96. The molecule has 0 heterocycles. The third-order valence-electron chi connectivity index (χ3n) is 1.65. The Hall–Kier alpha value is -1.26. The van der Waals surface area contributed by atoms with E-state index in [0.717, 1.165) is 0 Å². The Labute approximate surface area is 93.6 Å². The number of nitrogens with one attached hydrogen (secondary N) is 2. The summed E-state index contributed by atoms with van der Waals surface area (Å²) < 4.78 is 4.98. The van der Waals surface area contributed by atoms with Gasteiger partial charge >= 0.3 is 6.09 Å². The number of hydrogen-bond donors (Lipinski definition) is 2. The molecule has 0 unspecified atom stereocenters. The van der Waals surface area contributed by atoms with E-state index in [1.165, 1.54) is 0 Å². The van der Waals surface area contributed by atoms with Crippen LogP contribution < -0.4 is 15.4 Å². The first-order chi connectivity index (χ1) is 7.22. The van der Waals surface area contributed by atoms with E-state index in [1.807, 2.05) is 7.05 Å². The lowest BCUT2D eigenvalue weighted by molar-refractivity contribution is 0.200. The monoisotopic (exact) mass is 228 g/mol. The van der Waals surface area contributed by atoms with E-state index in [4.69, 9.17) is 16.3 Å². The van der Waals surface area contributed by atoms with Crippen LogP contribution in [0.5, 0.6) is 5.75 Å². The standard InChI is InChI=1S/C10H13ClN2O2/c1-12-5-6-13-10(14)15-9-4-2-3-8(11)7-9/h2-4,7,12H,5-6H2,1H3,(H,13,14). The summed E-state index contributed by atoms with van der Waals surface area (Å²) in [5.41, 5.74) is 0. The fourth-order valence-corrected chi connectivity index (χ4v) is 1.14. The maximum absolute atomic E-state index is 11.2. The molecule has 0 fully saturated rings. The third-order valence-corrected chi connectivity index (χ3v) is 1.89. The Morgan fingerprint density at radius 1 is 1.47 bits per heavy atom. The highest BCUT2D eigenvalue weighted by Crippen LogP contribution is 2.16. The molecule has 0 radical (unpaired) electrons. The summed E-state index contributed by atoms with van der Waals surface area (Å²) in [4.78, 5) is 11.2. The summed E-state index contributed by atoms with van der Waals surface area (Å²) in [5.74, 6) is 0.435. The first kappa shape index (κ1) is 11.8. The van der Waals surface area contributed by atoms with Crippen molar-refractivity contribution in [1.82, 2.24) is 10.6 Å². The van der Waals surface area contributed by atoms with E-state index in [9.17, 15) is 4.79 Å². The fourth-order valence-electron chi connectivity index (χ4n) is 0.963. The lowest BCUT2D eigenvalue weighted by atomic mass is 10.3. The van der Waals surface area contributed by atoms with E-state index in [-0.39, 0.29) is 0 Å². The molecular formula is C10H13ClN2O2. The maximum Gasteiger partial charge on any atom is 0.412 e. The number of rotatable bonds is 4. The van der Waals surface area contributed by atoms with E-state index in [1.54, 1.807) is 24.3 Å². The summed E-state index contributed by atoms with van der Waals surface area (Å²) in [7, 11) is 1.81. The van der Waals surface area contributed by atoms with Gasteiger partial charge in [-0.25, -0.2) is 4.79 Å². The molecule has 1 rings (SSSR count). The van der Waals surface area contributed by atoms with Gasteiger partial charge in [-0.05, 0) is 25.2 Å². The third kappa shape index (κ3) is 4.67. The Morgan fingerprint density at radius 3 is 2.93 bits per heavy atom. The lowest BCUT2D eigenvalue weighted by Gasteiger charge is -2.06. The van der Waals surface area contributed by atoms with Gasteiger partial charge in [-0.2, -0.15) is 0 Å². The lowest BCUT2D eigenvalue weighted by Crippen LogP contribution is -2.32. The minimum absolute atomic E-state index is 0.435. The van der Waals surface area contributed by atoms with Crippen molar-refractivity contribution in [2.24, 2.45) is 0 Å². The smallest absolute Gasteiger partial charge is 0.410 e. The van der Waals surface area contributed by atoms with Crippen LogP contribution in [-0.2, 0) is 0 Å². The van der Waals surface area contributed by atoms with E-state index in [2.05, 4.69) is 10.6 Å². The van der Waals surface area contributed by atoms with Crippen molar-refractivity contribution in [3.05, 3.63) is 29.3 Å². The van der Waals surface area contributed by atoms with Crippen LogP contribution in [0, 0.1) is 0 Å². The zero-order valence-electron chi connectivity index (χ0n) is 8.42. The highest BCUT2D eigenvalue weighted by Gasteiger charge is 2.02. The summed E-state index contributed by atoms with van der Waals surface area (Å²) >= 11 is 5.73. The highest BCUT2D eigenvalue weighted by atomic mass is 35.5. The summed E-state index contributed by atoms with van der Waals surface area (Å²) in [6.45, 7) is 1.22. The number of carbonyl (C=O) groups is 1. The Balaban J connectivity index is 2.37. The Kier molecular flexibility index (Phi) is 4.93. The molecular weight excluding hydrogens is 216 g/mol. The zero-order chi connectivity index (χ0) is 11.1. The molecule has 0 aliphatic rings. The molecule has 15 heavy (non-hydrogen) atoms. The predicted molar refractivity (Wildman–Crippen MR) is 59.4 cm³/mol. The Bertz CT molecular complexity index is 331. The number of hydrogen-bond acceptors (Lipinski definition) is 3. The summed E-state index contributed by atoms with van der Waals surface area (Å²) in [6, 6.07) is 6.69. The number of amides is 1. The van der Waals surface area contributed by atoms with Gasteiger partial charge in [0, 0.05) is 18.1 Å². The molecule has 0 aliphatic heterocycles. The molecule has 1 amide bonds. The number of halogens is 1. The SMILES string of the molecule is CNCCNC(=O)Oc1cccc(Cl)c1. The van der Waals surface area contributed by atoms with Gasteiger partial charge < -0.3 is 15.4 Å². The minimum Gasteiger partial charge on any atom is -0.410 e. The molecule has 82 valence electrons. The molecule has 0 saturated carbocycles. The molecule has 5 heteroatoms. The van der Waals surface area contributed by atoms with Crippen LogP contribution in [0.2, 0.25) is 5.02 Å². The summed E-state index contributed by atoms with van der Waals surface area (Å²) in [6.07, 6.45) is -0.479. The van der Waals surface area contributed by atoms with Crippen LogP contribution in [0.25, 0.3) is 0 Å². The molecule has 2 N–H and O–H groups in total. The second kappa shape index (κ2) is 6.27. The van der Waals surface area contributed by atoms with Gasteiger partial charge in [-0.1, -0.05) is 17.7 Å². The number of ether oxygens (including phenoxy) is 1. The number of likely N-dealkylation sites (N-methyl/N-ethyl adjacent to an activating group) is 1. The number of carbonyl (C=O) groups excluding carboxylic acids is 1. The number of benzene rings is 1. The van der Waals surface area contributed by atoms with Crippen molar-refractivity contribution in [2.75, 3.05) is 20.1 Å². The molecule has 0 spiro atoms. The molecule has 4 nitrogen and oxygen atoms in total. The zero-order valence-corrected chi connectivity index (χ0v) is 9.17. The van der Waals surface area contributed by atoms with Gasteiger partial charge in [0.1, 0.15) is 5.75 Å². The average molecular weight is 229 g/mol. The quantitative estimate of drug-likeness (QED) is 0.771. The molecule has 0 aromatic heterocycles. The highest BCUT2D eigenvalue weighted by molar-refractivity contribution is 6.30. The van der Waals surface area contributed by atoms with Crippen molar-refractivity contribution in [3.63, 3.8) is 0 Å². The van der Waals surface area contributed by atoms with Gasteiger partial charge in [0.2, 0.25) is 0 Å². The molecule has 0 saturated heterocycles. The van der Waals surface area contributed by atoms with Crippen molar-refractivity contribution >= 4 is 17.7 Å². The first-order valence-electron chi connectivity index (χ1n) is 4.58. The second-order valence-electron chi connectivity index (χ2n) is 2.88. The second-order valence-corrected chi connectivity index (χ2v) is 3.31. The average Bonchev–Trinajstić information content (AvgIpc) is 2.18. The maximum atomic E-state index is 11.2. The van der Waals surface area contributed by atoms with Crippen LogP contribution in [-0.4, -0.2) is 26.2 Å². The van der Waals surface area contributed by atoms with Crippen molar-refractivity contribution < 1.29 is 9.53 Å². The van der Waals surface area contributed by atoms with Crippen molar-refractivity contribution in [2.45, 2.75) is 0 Å². The fraction of sp³-hybridized carbons (Fsp3) is 0.300. The van der Waals surface area contributed by atoms with Gasteiger partial charge in [0.25, 0.3) is 0 Å². The normalized spacial score (nSPS) is 9.73. The van der Waals surface area contributed by atoms with Crippen molar-refractivity contribution in [3.8, 4) is 5.75 Å². The van der Waals surface area contributed by atoms with Crippen LogP contribution in [0.15, 0.2) is 24.3 Å². The molecule has 0 aliphatic carbocycles. The van der Waals surface area contributed by atoms with Crippen LogP contribution in [0.1, 0.15) is 0 Å². The Morgan fingerprint density at radius 2 is 2.27 bits per heavy atom. The topological polar surface area (TPSA) is 50.4 Å². The largest absolute Gasteiger partial charge is 0.412 e.